The van der Waals surface area contributed by atoms with E-state index >= 15 is 0 Å². The third kappa shape index (κ3) is 5.45. The van der Waals surface area contributed by atoms with Gasteiger partial charge in [0, 0.05) is 32.2 Å². The number of benzene rings is 1. The number of likely N-dealkylation sites (tertiary alicyclic amines) is 1. The average Bonchev–Trinajstić information content (AvgIpc) is 2.65. The molecule has 2 aliphatic heterocycles. The van der Waals surface area contributed by atoms with Crippen molar-refractivity contribution in [1.29, 1.82) is 0 Å². The van der Waals surface area contributed by atoms with Crippen LogP contribution in [-0.4, -0.2) is 67.7 Å². The highest BCUT2D eigenvalue weighted by molar-refractivity contribution is 5.78. The molecule has 1 atom stereocenters. The van der Waals surface area contributed by atoms with Crippen molar-refractivity contribution in [2.24, 2.45) is 0 Å². The summed E-state index contributed by atoms with van der Waals surface area (Å²) in [5, 5.41) is 0. The zero-order chi connectivity index (χ0) is 18.4. The van der Waals surface area contributed by atoms with Crippen molar-refractivity contribution >= 4 is 5.91 Å². The van der Waals surface area contributed by atoms with E-state index in [2.05, 4.69) is 15.9 Å². The van der Waals surface area contributed by atoms with Crippen molar-refractivity contribution in [2.45, 2.75) is 45.6 Å². The lowest BCUT2D eigenvalue weighted by atomic mass is 9.99. The molecule has 0 unspecified atom stereocenters. The minimum Gasteiger partial charge on any atom is -0.484 e. The Morgan fingerprint density at radius 2 is 1.85 bits per heavy atom. The Morgan fingerprint density at radius 3 is 2.58 bits per heavy atom. The zero-order valence-corrected chi connectivity index (χ0v) is 16.2. The van der Waals surface area contributed by atoms with E-state index in [-0.39, 0.29) is 12.5 Å². The number of morpholine rings is 1. The molecule has 1 amide bonds. The topological polar surface area (TPSA) is 42.0 Å². The lowest BCUT2D eigenvalue weighted by molar-refractivity contribution is -0.137. The van der Waals surface area contributed by atoms with Crippen molar-refractivity contribution in [3.8, 4) is 5.75 Å². The summed E-state index contributed by atoms with van der Waals surface area (Å²) in [7, 11) is 0. The van der Waals surface area contributed by atoms with Gasteiger partial charge in [0.15, 0.2) is 6.61 Å². The quantitative estimate of drug-likeness (QED) is 0.782. The van der Waals surface area contributed by atoms with Crippen LogP contribution in [0.25, 0.3) is 0 Å². The van der Waals surface area contributed by atoms with Gasteiger partial charge in [-0.25, -0.2) is 0 Å². The zero-order valence-electron chi connectivity index (χ0n) is 16.2. The van der Waals surface area contributed by atoms with Gasteiger partial charge in [-0.15, -0.1) is 0 Å². The van der Waals surface area contributed by atoms with Gasteiger partial charge in [-0.2, -0.15) is 0 Å². The van der Waals surface area contributed by atoms with Crippen LogP contribution < -0.4 is 4.74 Å². The van der Waals surface area contributed by atoms with Crippen LogP contribution in [0.5, 0.6) is 5.75 Å². The first-order chi connectivity index (χ1) is 12.6. The van der Waals surface area contributed by atoms with Crippen LogP contribution in [0.3, 0.4) is 0 Å². The highest BCUT2D eigenvalue weighted by Crippen LogP contribution is 2.21. The van der Waals surface area contributed by atoms with Gasteiger partial charge in [-0.3, -0.25) is 9.69 Å². The van der Waals surface area contributed by atoms with E-state index in [1.54, 1.807) is 0 Å². The molecule has 2 heterocycles. The standard InChI is InChI=1S/C21H32N2O3/c1-17-13-18(2)15-20(14-17)26-16-21(24)23-7-4-3-5-19(23)6-8-22-9-11-25-12-10-22/h13-15,19H,3-12,16H2,1-2H3/t19-/m0/s1. The van der Waals surface area contributed by atoms with Crippen molar-refractivity contribution < 1.29 is 14.3 Å². The Balaban J connectivity index is 1.51. The van der Waals surface area contributed by atoms with Gasteiger partial charge >= 0.3 is 0 Å². The number of piperidine rings is 1. The number of rotatable bonds is 6. The summed E-state index contributed by atoms with van der Waals surface area (Å²) in [4.78, 5) is 17.3. The normalized spacial score (nSPS) is 21.6. The maximum Gasteiger partial charge on any atom is 0.260 e. The largest absolute Gasteiger partial charge is 0.484 e. The molecular formula is C21H32N2O3. The van der Waals surface area contributed by atoms with Gasteiger partial charge in [-0.1, -0.05) is 6.07 Å². The number of hydrogen-bond acceptors (Lipinski definition) is 4. The summed E-state index contributed by atoms with van der Waals surface area (Å²) < 4.78 is 11.2. The first kappa shape index (κ1) is 19.2. The van der Waals surface area contributed by atoms with Crippen LogP contribution in [0, 0.1) is 13.8 Å². The predicted octanol–water partition coefficient (Wildman–Crippen LogP) is 2.79. The molecule has 26 heavy (non-hydrogen) atoms. The van der Waals surface area contributed by atoms with Crippen molar-refractivity contribution in [3.05, 3.63) is 29.3 Å². The summed E-state index contributed by atoms with van der Waals surface area (Å²) >= 11 is 0. The molecule has 0 aromatic heterocycles. The van der Waals surface area contributed by atoms with Crippen LogP contribution in [-0.2, 0) is 9.53 Å². The highest BCUT2D eigenvalue weighted by Gasteiger charge is 2.27. The van der Waals surface area contributed by atoms with Gasteiger partial charge < -0.3 is 14.4 Å². The maximum atomic E-state index is 12.8. The number of carbonyl (C=O) groups is 1. The highest BCUT2D eigenvalue weighted by atomic mass is 16.5. The minimum atomic E-state index is 0.121. The number of hydrogen-bond donors (Lipinski definition) is 0. The molecule has 1 aromatic carbocycles. The van der Waals surface area contributed by atoms with Crippen LogP contribution in [0.1, 0.15) is 36.8 Å². The molecule has 0 bridgehead atoms. The molecule has 0 saturated carbocycles. The van der Waals surface area contributed by atoms with Crippen LogP contribution in [0.15, 0.2) is 18.2 Å². The fraction of sp³-hybridized carbons (Fsp3) is 0.667. The maximum absolute atomic E-state index is 12.8. The van der Waals surface area contributed by atoms with Crippen LogP contribution in [0.4, 0.5) is 0 Å². The number of nitrogens with zero attached hydrogens (tertiary/aromatic N) is 2. The van der Waals surface area contributed by atoms with Crippen LogP contribution >= 0.6 is 0 Å². The molecule has 2 aliphatic rings. The molecule has 0 spiro atoms. The molecule has 2 fully saturated rings. The van der Waals surface area contributed by atoms with Crippen molar-refractivity contribution in [3.63, 3.8) is 0 Å². The summed E-state index contributed by atoms with van der Waals surface area (Å²) in [6, 6.07) is 6.45. The smallest absolute Gasteiger partial charge is 0.260 e. The molecule has 2 saturated heterocycles. The van der Waals surface area contributed by atoms with E-state index in [0.29, 0.717) is 6.04 Å². The molecular weight excluding hydrogens is 328 g/mol. The van der Waals surface area contributed by atoms with Gasteiger partial charge in [0.1, 0.15) is 5.75 Å². The second-order valence-electron chi connectivity index (χ2n) is 7.59. The SMILES string of the molecule is Cc1cc(C)cc(OCC(=O)N2CCCC[C@H]2CCN2CCOCC2)c1. The van der Waals surface area contributed by atoms with E-state index in [1.165, 1.54) is 6.42 Å². The summed E-state index contributed by atoms with van der Waals surface area (Å²) in [5.41, 5.74) is 2.32. The lowest BCUT2D eigenvalue weighted by Crippen LogP contribution is -2.47. The number of aryl methyl sites for hydroxylation is 2. The van der Waals surface area contributed by atoms with Crippen molar-refractivity contribution in [1.82, 2.24) is 9.80 Å². The third-order valence-electron chi connectivity index (χ3n) is 5.39. The third-order valence-corrected chi connectivity index (χ3v) is 5.39. The second kappa shape index (κ2) is 9.38. The fourth-order valence-corrected chi connectivity index (χ4v) is 4.03. The first-order valence-electron chi connectivity index (χ1n) is 9.92. The van der Waals surface area contributed by atoms with Gasteiger partial charge in [0.25, 0.3) is 5.91 Å². The van der Waals surface area contributed by atoms with Crippen LogP contribution in [0.2, 0.25) is 0 Å². The van der Waals surface area contributed by atoms with Crippen molar-refractivity contribution in [2.75, 3.05) is 46.0 Å². The Labute approximate surface area is 157 Å². The van der Waals surface area contributed by atoms with E-state index < -0.39 is 0 Å². The predicted molar refractivity (Wildman–Crippen MR) is 103 cm³/mol. The molecule has 1 aromatic rings. The molecule has 0 aliphatic carbocycles. The van der Waals surface area contributed by atoms with Gasteiger partial charge in [0.2, 0.25) is 0 Å². The Hall–Kier alpha value is -1.59. The minimum absolute atomic E-state index is 0.121. The number of ether oxygens (including phenoxy) is 2. The Kier molecular flexibility index (Phi) is 6.92. The summed E-state index contributed by atoms with van der Waals surface area (Å²) in [6.45, 7) is 9.83. The summed E-state index contributed by atoms with van der Waals surface area (Å²) in [6.07, 6.45) is 4.48. The fourth-order valence-electron chi connectivity index (χ4n) is 4.03. The number of carbonyl (C=O) groups excluding carboxylic acids is 1. The Morgan fingerprint density at radius 1 is 1.12 bits per heavy atom. The number of amides is 1. The molecule has 0 radical (unpaired) electrons. The van der Waals surface area contributed by atoms with Gasteiger partial charge in [0.05, 0.1) is 13.2 Å². The lowest BCUT2D eigenvalue weighted by Gasteiger charge is -2.37. The van der Waals surface area contributed by atoms with E-state index in [1.807, 2.05) is 26.0 Å². The first-order valence-corrected chi connectivity index (χ1v) is 9.92. The molecule has 3 rings (SSSR count). The van der Waals surface area contributed by atoms with E-state index in [0.717, 1.165) is 75.5 Å². The average molecular weight is 360 g/mol. The molecule has 144 valence electrons. The summed E-state index contributed by atoms with van der Waals surface area (Å²) in [5.74, 6) is 0.911. The monoisotopic (exact) mass is 360 g/mol. The molecule has 0 N–H and O–H groups in total. The molecule has 5 heteroatoms. The van der Waals surface area contributed by atoms with E-state index in [9.17, 15) is 4.79 Å². The molecule has 5 nitrogen and oxygen atoms in total. The van der Waals surface area contributed by atoms with Gasteiger partial charge in [-0.05, 0) is 62.8 Å². The Bertz CT molecular complexity index is 579. The van der Waals surface area contributed by atoms with E-state index in [4.69, 9.17) is 9.47 Å². The second-order valence-corrected chi connectivity index (χ2v) is 7.59.